The van der Waals surface area contributed by atoms with Crippen molar-refractivity contribution >= 4 is 11.8 Å². The molecule has 0 fully saturated rings. The summed E-state index contributed by atoms with van der Waals surface area (Å²) in [5.74, 6) is -0.757. The van der Waals surface area contributed by atoms with Gasteiger partial charge in [0.05, 0.1) is 5.56 Å². The molecular formula is C22H21NO4. The summed E-state index contributed by atoms with van der Waals surface area (Å²) in [4.78, 5) is 23.5. The van der Waals surface area contributed by atoms with Gasteiger partial charge in [0.1, 0.15) is 11.5 Å². The van der Waals surface area contributed by atoms with Crippen molar-refractivity contribution in [3.05, 3.63) is 77.6 Å². The van der Waals surface area contributed by atoms with Gasteiger partial charge >= 0.3 is 5.97 Å². The highest BCUT2D eigenvalue weighted by Gasteiger charge is 2.15. The summed E-state index contributed by atoms with van der Waals surface area (Å²) in [5.41, 5.74) is 3.85. The Bertz CT molecular complexity index is 953. The number of carboxylic acid groups (broad SMARTS) is 1. The van der Waals surface area contributed by atoms with Crippen LogP contribution >= 0.6 is 0 Å². The van der Waals surface area contributed by atoms with Crippen molar-refractivity contribution in [3.8, 4) is 16.9 Å². The Morgan fingerprint density at radius 1 is 0.926 bits per heavy atom. The number of carbonyl (C=O) groups is 2. The third kappa shape index (κ3) is 4.64. The summed E-state index contributed by atoms with van der Waals surface area (Å²) >= 11 is 0. The molecule has 0 saturated carbocycles. The maximum Gasteiger partial charge on any atom is 0.337 e. The Labute approximate surface area is 157 Å². The highest BCUT2D eigenvalue weighted by atomic mass is 16.4. The molecule has 0 radical (unpaired) electrons. The molecule has 138 valence electrons. The van der Waals surface area contributed by atoms with Crippen LogP contribution in [0.15, 0.2) is 60.9 Å². The van der Waals surface area contributed by atoms with Gasteiger partial charge in [-0.25, -0.2) is 4.79 Å². The minimum Gasteiger partial charge on any atom is -0.508 e. The number of phenols is 1. The first-order valence-electron chi connectivity index (χ1n) is 8.70. The number of aryl methyl sites for hydroxylation is 2. The summed E-state index contributed by atoms with van der Waals surface area (Å²) in [5, 5.41) is 18.6. The molecule has 0 amide bonds. The summed E-state index contributed by atoms with van der Waals surface area (Å²) in [6, 6.07) is 15.0. The van der Waals surface area contributed by atoms with Crippen LogP contribution in [0.2, 0.25) is 0 Å². The van der Waals surface area contributed by atoms with Crippen molar-refractivity contribution in [1.82, 2.24) is 4.57 Å². The Kier molecular flexibility index (Phi) is 5.41. The highest BCUT2D eigenvalue weighted by Crippen LogP contribution is 2.22. The molecule has 2 N–H and O–H groups in total. The number of nitrogens with zero attached hydrogens (tertiary/aromatic N) is 1. The Morgan fingerprint density at radius 2 is 1.52 bits per heavy atom. The minimum atomic E-state index is -1.01. The minimum absolute atomic E-state index is 0.0197. The zero-order valence-corrected chi connectivity index (χ0v) is 15.1. The van der Waals surface area contributed by atoms with Crippen LogP contribution in [-0.4, -0.2) is 26.5 Å². The van der Waals surface area contributed by atoms with Crippen LogP contribution in [0.3, 0.4) is 0 Å². The van der Waals surface area contributed by atoms with Crippen LogP contribution in [0.25, 0.3) is 11.1 Å². The van der Waals surface area contributed by atoms with Gasteiger partial charge in [-0.1, -0.05) is 36.4 Å². The van der Waals surface area contributed by atoms with E-state index >= 15 is 0 Å². The fourth-order valence-electron chi connectivity index (χ4n) is 3.07. The Morgan fingerprint density at radius 3 is 2.11 bits per heavy atom. The number of benzene rings is 2. The second-order valence-corrected chi connectivity index (χ2v) is 6.63. The molecule has 1 aromatic heterocycles. The molecule has 5 nitrogen and oxygen atoms in total. The normalized spacial score (nSPS) is 10.7. The largest absolute Gasteiger partial charge is 0.508 e. The van der Waals surface area contributed by atoms with Crippen molar-refractivity contribution in [2.75, 3.05) is 0 Å². The summed E-state index contributed by atoms with van der Waals surface area (Å²) in [6.45, 7) is 0. The second kappa shape index (κ2) is 7.91. The number of ketones is 1. The summed E-state index contributed by atoms with van der Waals surface area (Å²) in [6.07, 6.45) is 4.32. The van der Waals surface area contributed by atoms with Crippen molar-refractivity contribution in [3.63, 3.8) is 0 Å². The molecule has 1 heterocycles. The number of Topliss-reactive ketones (excluding diaryl/α,β-unsaturated/α-hetero) is 1. The molecule has 2 aromatic carbocycles. The standard InChI is InChI=1S/C22H21NO4/c1-23-13-18(21(14-23)22(26)27)12-20(25)9-4-15-2-5-16(6-3-15)17-7-10-19(24)11-8-17/h2-3,5-8,10-11,13-14,24H,4,9,12H2,1H3,(H,26,27). The number of aromatic nitrogens is 1. The summed E-state index contributed by atoms with van der Waals surface area (Å²) < 4.78 is 1.66. The van der Waals surface area contributed by atoms with E-state index in [9.17, 15) is 19.8 Å². The topological polar surface area (TPSA) is 79.5 Å². The van der Waals surface area contributed by atoms with Crippen molar-refractivity contribution in [1.29, 1.82) is 0 Å². The zero-order chi connectivity index (χ0) is 19.4. The molecule has 0 spiro atoms. The van der Waals surface area contributed by atoms with Crippen molar-refractivity contribution in [2.24, 2.45) is 7.05 Å². The number of carbonyl (C=O) groups excluding carboxylic acids is 1. The maximum atomic E-state index is 12.3. The molecule has 27 heavy (non-hydrogen) atoms. The van der Waals surface area contributed by atoms with E-state index < -0.39 is 5.97 Å². The van der Waals surface area contributed by atoms with Crippen molar-refractivity contribution < 1.29 is 19.8 Å². The lowest BCUT2D eigenvalue weighted by atomic mass is 9.99. The van der Waals surface area contributed by atoms with Crippen LogP contribution in [0, 0.1) is 0 Å². The van der Waals surface area contributed by atoms with Gasteiger partial charge in [0.2, 0.25) is 0 Å². The van der Waals surface area contributed by atoms with Crippen LogP contribution in [-0.2, 0) is 24.7 Å². The number of phenolic OH excluding ortho intramolecular Hbond substituents is 1. The van der Waals surface area contributed by atoms with E-state index in [1.54, 1.807) is 29.9 Å². The molecule has 3 rings (SSSR count). The number of aromatic hydroxyl groups is 1. The van der Waals surface area contributed by atoms with E-state index in [-0.39, 0.29) is 23.5 Å². The molecule has 0 unspecified atom stereocenters. The van der Waals surface area contributed by atoms with Gasteiger partial charge in [0, 0.05) is 32.3 Å². The van der Waals surface area contributed by atoms with Crippen molar-refractivity contribution in [2.45, 2.75) is 19.3 Å². The molecular weight excluding hydrogens is 342 g/mol. The van der Waals surface area contributed by atoms with E-state index in [2.05, 4.69) is 0 Å². The zero-order valence-electron chi connectivity index (χ0n) is 15.1. The SMILES string of the molecule is Cn1cc(CC(=O)CCc2ccc(-c3ccc(O)cc3)cc2)c(C(=O)O)c1. The van der Waals surface area contributed by atoms with Gasteiger partial charge in [-0.2, -0.15) is 0 Å². The fourth-order valence-corrected chi connectivity index (χ4v) is 3.07. The first-order chi connectivity index (χ1) is 12.9. The quantitative estimate of drug-likeness (QED) is 0.668. The van der Waals surface area contributed by atoms with Gasteiger partial charge in [0.15, 0.2) is 0 Å². The molecule has 3 aromatic rings. The predicted molar refractivity (Wildman–Crippen MR) is 103 cm³/mol. The highest BCUT2D eigenvalue weighted by molar-refractivity contribution is 5.92. The molecule has 0 aliphatic carbocycles. The molecule has 0 bridgehead atoms. The van der Waals surface area contributed by atoms with Crippen LogP contribution < -0.4 is 0 Å². The third-order valence-electron chi connectivity index (χ3n) is 4.50. The van der Waals surface area contributed by atoms with E-state index in [1.807, 2.05) is 36.4 Å². The molecule has 0 aliphatic heterocycles. The van der Waals surface area contributed by atoms with E-state index in [1.165, 1.54) is 6.20 Å². The van der Waals surface area contributed by atoms with Gasteiger partial charge in [-0.05, 0) is 40.8 Å². The van der Waals surface area contributed by atoms with Crippen LogP contribution in [0.5, 0.6) is 5.75 Å². The monoisotopic (exact) mass is 363 g/mol. The van der Waals surface area contributed by atoms with Crippen LogP contribution in [0.1, 0.15) is 27.9 Å². The number of aromatic carboxylic acids is 1. The van der Waals surface area contributed by atoms with Gasteiger partial charge < -0.3 is 14.8 Å². The lowest BCUT2D eigenvalue weighted by Gasteiger charge is -2.05. The molecule has 5 heteroatoms. The molecule has 0 aliphatic rings. The van der Waals surface area contributed by atoms with Crippen LogP contribution in [0.4, 0.5) is 0 Å². The summed E-state index contributed by atoms with van der Waals surface area (Å²) in [7, 11) is 1.75. The van der Waals surface area contributed by atoms with Gasteiger partial charge in [-0.3, -0.25) is 4.79 Å². The predicted octanol–water partition coefficient (Wildman–Crippen LogP) is 3.84. The van der Waals surface area contributed by atoms with Gasteiger partial charge in [0.25, 0.3) is 0 Å². The third-order valence-corrected chi connectivity index (χ3v) is 4.50. The first kappa shape index (κ1) is 18.5. The number of carboxylic acids is 1. The smallest absolute Gasteiger partial charge is 0.337 e. The van der Waals surface area contributed by atoms with E-state index in [0.717, 1.165) is 16.7 Å². The average molecular weight is 363 g/mol. The Hall–Kier alpha value is -3.34. The van der Waals surface area contributed by atoms with E-state index in [0.29, 0.717) is 18.4 Å². The lowest BCUT2D eigenvalue weighted by Crippen LogP contribution is -2.07. The Balaban J connectivity index is 1.59. The molecule has 0 atom stereocenters. The van der Waals surface area contributed by atoms with Gasteiger partial charge in [-0.15, -0.1) is 0 Å². The molecule has 0 saturated heterocycles. The van der Waals surface area contributed by atoms with E-state index in [4.69, 9.17) is 0 Å². The lowest BCUT2D eigenvalue weighted by molar-refractivity contribution is -0.118. The number of rotatable bonds is 7. The fraction of sp³-hybridized carbons (Fsp3) is 0.182. The number of hydrogen-bond donors (Lipinski definition) is 2. The average Bonchev–Trinajstić information content (AvgIpc) is 3.01. The maximum absolute atomic E-state index is 12.3. The second-order valence-electron chi connectivity index (χ2n) is 6.63. The first-order valence-corrected chi connectivity index (χ1v) is 8.70. The number of hydrogen-bond acceptors (Lipinski definition) is 3.